The summed E-state index contributed by atoms with van der Waals surface area (Å²) in [5.74, 6) is -0.325. The van der Waals surface area contributed by atoms with Gasteiger partial charge in [-0.2, -0.15) is 0 Å². The molecule has 53 heavy (non-hydrogen) atoms. The monoisotopic (exact) mass is 755 g/mol. The fourth-order valence-corrected chi connectivity index (χ4v) is 7.13. The van der Waals surface area contributed by atoms with E-state index in [0.29, 0.717) is 25.6 Å². The highest BCUT2D eigenvalue weighted by Crippen LogP contribution is 2.52. The SMILES string of the molecule is CC/C=C\C/C=C\C/C=C\C/C=C\C/C=C\C/C=C\CCC(=O)OC(CO/C=C\CCCCCC/C=C\CCCCCCCC)COP1(=O)CCCO1. The minimum Gasteiger partial charge on any atom is -0.498 e. The van der Waals surface area contributed by atoms with E-state index in [-0.39, 0.29) is 25.6 Å². The van der Waals surface area contributed by atoms with Gasteiger partial charge in [-0.15, -0.1) is 0 Å². The number of esters is 1. The van der Waals surface area contributed by atoms with E-state index in [4.69, 9.17) is 18.5 Å². The molecule has 0 radical (unpaired) electrons. The van der Waals surface area contributed by atoms with Crippen molar-refractivity contribution in [3.63, 3.8) is 0 Å². The highest BCUT2D eigenvalue weighted by Gasteiger charge is 2.31. The average Bonchev–Trinajstić information content (AvgIpc) is 3.60. The lowest BCUT2D eigenvalue weighted by molar-refractivity contribution is -0.153. The molecule has 2 unspecified atom stereocenters. The first kappa shape index (κ1) is 48.4. The molecule has 0 spiro atoms. The van der Waals surface area contributed by atoms with Gasteiger partial charge in [0.2, 0.25) is 0 Å². The molecule has 1 heterocycles. The van der Waals surface area contributed by atoms with Crippen LogP contribution in [-0.2, 0) is 27.9 Å². The van der Waals surface area contributed by atoms with Gasteiger partial charge in [-0.1, -0.05) is 144 Å². The van der Waals surface area contributed by atoms with Crippen LogP contribution in [0.5, 0.6) is 0 Å². The maximum Gasteiger partial charge on any atom is 0.330 e. The molecule has 0 amide bonds. The van der Waals surface area contributed by atoms with Gasteiger partial charge in [-0.3, -0.25) is 9.36 Å². The molecule has 0 aromatic heterocycles. The Morgan fingerprint density at radius 2 is 1.09 bits per heavy atom. The van der Waals surface area contributed by atoms with Gasteiger partial charge >= 0.3 is 13.6 Å². The van der Waals surface area contributed by atoms with Crippen molar-refractivity contribution in [2.75, 3.05) is 26.0 Å². The minimum atomic E-state index is -3.10. The van der Waals surface area contributed by atoms with E-state index >= 15 is 0 Å². The number of ether oxygens (including phenoxy) is 2. The lowest BCUT2D eigenvalue weighted by Crippen LogP contribution is -2.27. The van der Waals surface area contributed by atoms with Gasteiger partial charge < -0.3 is 18.5 Å². The van der Waals surface area contributed by atoms with Crippen LogP contribution in [0.2, 0.25) is 0 Å². The number of rotatable bonds is 35. The van der Waals surface area contributed by atoms with Crippen LogP contribution >= 0.6 is 7.60 Å². The van der Waals surface area contributed by atoms with E-state index in [2.05, 4.69) is 92.8 Å². The molecular formula is C46H75O6P. The van der Waals surface area contributed by atoms with Crippen molar-refractivity contribution >= 4 is 13.6 Å². The molecule has 7 heteroatoms. The Morgan fingerprint density at radius 1 is 0.604 bits per heavy atom. The predicted molar refractivity (Wildman–Crippen MR) is 226 cm³/mol. The van der Waals surface area contributed by atoms with Crippen molar-refractivity contribution in [3.05, 3.63) is 97.4 Å². The van der Waals surface area contributed by atoms with E-state index < -0.39 is 13.7 Å². The van der Waals surface area contributed by atoms with Crippen LogP contribution in [0.4, 0.5) is 0 Å². The van der Waals surface area contributed by atoms with Crippen LogP contribution in [0.25, 0.3) is 0 Å². The van der Waals surface area contributed by atoms with Crippen LogP contribution in [0.15, 0.2) is 97.4 Å². The fourth-order valence-electron chi connectivity index (χ4n) is 5.48. The molecule has 2 atom stereocenters. The third-order valence-corrected chi connectivity index (χ3v) is 10.6. The first-order chi connectivity index (χ1) is 26.1. The highest BCUT2D eigenvalue weighted by molar-refractivity contribution is 7.54. The topological polar surface area (TPSA) is 71.1 Å². The third-order valence-electron chi connectivity index (χ3n) is 8.59. The molecule has 1 saturated heterocycles. The first-order valence-corrected chi connectivity index (χ1v) is 22.7. The summed E-state index contributed by atoms with van der Waals surface area (Å²) in [4.78, 5) is 12.6. The van der Waals surface area contributed by atoms with Crippen molar-refractivity contribution in [2.45, 2.75) is 161 Å². The van der Waals surface area contributed by atoms with Crippen LogP contribution in [-0.4, -0.2) is 38.1 Å². The molecule has 300 valence electrons. The van der Waals surface area contributed by atoms with Crippen molar-refractivity contribution < 1.29 is 27.9 Å². The molecule has 1 aliphatic rings. The van der Waals surface area contributed by atoms with Gasteiger partial charge in [-0.05, 0) is 96.0 Å². The number of hydrogen-bond acceptors (Lipinski definition) is 6. The number of carbonyl (C=O) groups excluding carboxylic acids is 1. The molecule has 0 saturated carbocycles. The number of carbonyl (C=O) groups is 1. The van der Waals surface area contributed by atoms with Gasteiger partial charge in [0.1, 0.15) is 6.61 Å². The largest absolute Gasteiger partial charge is 0.498 e. The molecular weight excluding hydrogens is 679 g/mol. The molecule has 0 N–H and O–H groups in total. The number of hydrogen-bond donors (Lipinski definition) is 0. The summed E-state index contributed by atoms with van der Waals surface area (Å²) < 4.78 is 34.9. The molecule has 1 aliphatic heterocycles. The van der Waals surface area contributed by atoms with Gasteiger partial charge in [0.05, 0.1) is 25.6 Å². The van der Waals surface area contributed by atoms with E-state index in [1.165, 1.54) is 70.6 Å². The van der Waals surface area contributed by atoms with Crippen molar-refractivity contribution in [2.24, 2.45) is 0 Å². The molecule has 0 bridgehead atoms. The Bertz CT molecular complexity index is 1130. The van der Waals surface area contributed by atoms with E-state index in [0.717, 1.165) is 51.4 Å². The van der Waals surface area contributed by atoms with E-state index in [1.54, 1.807) is 6.26 Å². The normalized spacial score (nSPS) is 17.5. The summed E-state index contributed by atoms with van der Waals surface area (Å²) in [5, 5.41) is 0. The Morgan fingerprint density at radius 3 is 1.62 bits per heavy atom. The molecule has 1 fully saturated rings. The molecule has 0 aromatic rings. The standard InChI is InChI=1S/C46H75O6P/c1-3-5-7-9-11-13-15-17-19-21-22-23-24-26-28-30-32-34-36-39-46(47)52-45(44-51-53(48)42-38-41-50-53)43-49-40-37-35-33-31-29-27-25-20-18-16-14-12-10-8-6-4-2/h5,7,11,13,17-20,22-23,26,28,32,34,37,40,45H,3-4,6,8-10,12,14-16,21,24-25,27,29-31,33,35-36,38-39,41-44H2,1-2H3/b7-5-,13-11-,19-17-,20-18-,23-22-,28-26-,34-32-,40-37-. The summed E-state index contributed by atoms with van der Waals surface area (Å²) in [7, 11) is -3.10. The molecule has 6 nitrogen and oxygen atoms in total. The number of unbranched alkanes of at least 4 members (excludes halogenated alkanes) is 11. The Balaban J connectivity index is 2.20. The lowest BCUT2D eigenvalue weighted by Gasteiger charge is -2.19. The zero-order valence-electron chi connectivity index (χ0n) is 33.6. The van der Waals surface area contributed by atoms with Crippen LogP contribution in [0.3, 0.4) is 0 Å². The van der Waals surface area contributed by atoms with Gasteiger partial charge in [0.15, 0.2) is 6.10 Å². The second-order valence-electron chi connectivity index (χ2n) is 13.6. The van der Waals surface area contributed by atoms with Crippen molar-refractivity contribution in [1.82, 2.24) is 0 Å². The van der Waals surface area contributed by atoms with Gasteiger partial charge in [0.25, 0.3) is 0 Å². The third kappa shape index (κ3) is 33.6. The second kappa shape index (κ2) is 37.6. The zero-order valence-corrected chi connectivity index (χ0v) is 34.5. The van der Waals surface area contributed by atoms with Crippen LogP contribution < -0.4 is 0 Å². The first-order valence-electron chi connectivity index (χ1n) is 21.0. The van der Waals surface area contributed by atoms with Gasteiger partial charge in [-0.25, -0.2) is 0 Å². The Hall–Kier alpha value is -2.66. The lowest BCUT2D eigenvalue weighted by atomic mass is 10.1. The zero-order chi connectivity index (χ0) is 38.2. The second-order valence-corrected chi connectivity index (χ2v) is 15.8. The molecule has 0 aromatic carbocycles. The summed E-state index contributed by atoms with van der Waals surface area (Å²) in [6, 6.07) is 0. The maximum absolute atomic E-state index is 12.6. The van der Waals surface area contributed by atoms with Gasteiger partial charge in [0, 0.05) is 6.42 Å². The van der Waals surface area contributed by atoms with Crippen LogP contribution in [0, 0.1) is 0 Å². The average molecular weight is 755 g/mol. The Labute approximate surface area is 325 Å². The summed E-state index contributed by atoms with van der Waals surface area (Å²) in [5.41, 5.74) is 0. The highest BCUT2D eigenvalue weighted by atomic mass is 31.2. The quantitative estimate of drug-likeness (QED) is 0.0211. The van der Waals surface area contributed by atoms with E-state index in [9.17, 15) is 9.36 Å². The minimum absolute atomic E-state index is 0.00975. The smallest absolute Gasteiger partial charge is 0.330 e. The van der Waals surface area contributed by atoms with E-state index in [1.807, 2.05) is 12.2 Å². The van der Waals surface area contributed by atoms with Crippen molar-refractivity contribution in [3.8, 4) is 0 Å². The molecule has 1 rings (SSSR count). The van der Waals surface area contributed by atoms with Crippen molar-refractivity contribution in [1.29, 1.82) is 0 Å². The van der Waals surface area contributed by atoms with Crippen LogP contribution in [0.1, 0.15) is 155 Å². The summed E-state index contributed by atoms with van der Waals surface area (Å²) in [6.45, 7) is 4.99. The molecule has 0 aliphatic carbocycles. The summed E-state index contributed by atoms with van der Waals surface area (Å²) in [6.07, 6.45) is 57.8. The maximum atomic E-state index is 12.6. The Kier molecular flexibility index (Phi) is 34.4. The fraction of sp³-hybridized carbons (Fsp3) is 0.630. The summed E-state index contributed by atoms with van der Waals surface area (Å²) >= 11 is 0. The number of allylic oxidation sites excluding steroid dienone is 15. The predicted octanol–water partition coefficient (Wildman–Crippen LogP) is 14.2.